The Morgan fingerprint density at radius 2 is 2.07 bits per heavy atom. The van der Waals surface area contributed by atoms with E-state index in [9.17, 15) is 9.90 Å². The lowest BCUT2D eigenvalue weighted by Gasteiger charge is -2.13. The fourth-order valence-electron chi connectivity index (χ4n) is 1.36. The minimum atomic E-state index is 0.107. The van der Waals surface area contributed by atoms with Crippen LogP contribution < -0.4 is 0 Å². The summed E-state index contributed by atoms with van der Waals surface area (Å²) in [7, 11) is 0. The molecule has 76 valence electrons. The molecule has 1 N–H and O–H groups in total. The zero-order chi connectivity index (χ0) is 10.9. The molecule has 0 spiro atoms. The van der Waals surface area contributed by atoms with Crippen LogP contribution >= 0.6 is 15.9 Å². The van der Waals surface area contributed by atoms with Crippen LogP contribution in [0.15, 0.2) is 10.5 Å². The summed E-state index contributed by atoms with van der Waals surface area (Å²) in [6, 6.07) is 1.86. The van der Waals surface area contributed by atoms with Gasteiger partial charge in [0.2, 0.25) is 0 Å². The molecule has 2 nitrogen and oxygen atoms in total. The van der Waals surface area contributed by atoms with Crippen LogP contribution in [0.2, 0.25) is 0 Å². The van der Waals surface area contributed by atoms with Crippen LogP contribution in [0.5, 0.6) is 5.75 Å². The highest BCUT2D eigenvalue weighted by Crippen LogP contribution is 2.34. The molecule has 1 aromatic rings. The van der Waals surface area contributed by atoms with Gasteiger partial charge in [0.25, 0.3) is 0 Å². The van der Waals surface area contributed by atoms with Crippen LogP contribution in [-0.4, -0.2) is 11.4 Å². The largest absolute Gasteiger partial charge is 0.507 e. The highest BCUT2D eigenvalue weighted by Gasteiger charge is 2.14. The van der Waals surface area contributed by atoms with Gasteiger partial charge in [-0.3, -0.25) is 4.79 Å². The molecule has 0 aliphatic rings. The second-order valence-electron chi connectivity index (χ2n) is 3.61. The van der Waals surface area contributed by atoms with Crippen molar-refractivity contribution in [3.05, 3.63) is 27.2 Å². The van der Waals surface area contributed by atoms with E-state index in [-0.39, 0.29) is 11.7 Å². The SMILES string of the molecule is Cc1c(Br)cc(C(C)C)c(O)c1C=O. The van der Waals surface area contributed by atoms with E-state index in [1.165, 1.54) is 0 Å². The van der Waals surface area contributed by atoms with Crippen molar-refractivity contribution in [1.29, 1.82) is 0 Å². The number of benzene rings is 1. The van der Waals surface area contributed by atoms with Crippen LogP contribution in [0, 0.1) is 6.92 Å². The van der Waals surface area contributed by atoms with E-state index in [4.69, 9.17) is 0 Å². The zero-order valence-electron chi connectivity index (χ0n) is 8.47. The molecular formula is C11H13BrO2. The summed E-state index contributed by atoms with van der Waals surface area (Å²) in [4.78, 5) is 10.8. The Bertz CT molecular complexity index is 370. The fourth-order valence-corrected chi connectivity index (χ4v) is 1.82. The minimum absolute atomic E-state index is 0.107. The molecule has 0 atom stereocenters. The van der Waals surface area contributed by atoms with Gasteiger partial charge in [-0.1, -0.05) is 29.8 Å². The quantitative estimate of drug-likeness (QED) is 0.824. The normalized spacial score (nSPS) is 10.6. The second kappa shape index (κ2) is 4.13. The van der Waals surface area contributed by atoms with Crippen LogP contribution in [0.3, 0.4) is 0 Å². The summed E-state index contributed by atoms with van der Waals surface area (Å²) in [6.07, 6.45) is 0.696. The van der Waals surface area contributed by atoms with Crippen molar-refractivity contribution in [2.24, 2.45) is 0 Å². The van der Waals surface area contributed by atoms with E-state index in [2.05, 4.69) is 15.9 Å². The smallest absolute Gasteiger partial charge is 0.154 e. The summed E-state index contributed by atoms with van der Waals surface area (Å²) in [5.41, 5.74) is 1.95. The number of hydrogen-bond acceptors (Lipinski definition) is 2. The van der Waals surface area contributed by atoms with Crippen molar-refractivity contribution in [3.8, 4) is 5.75 Å². The first-order valence-electron chi connectivity index (χ1n) is 4.46. The topological polar surface area (TPSA) is 37.3 Å². The highest BCUT2D eigenvalue weighted by atomic mass is 79.9. The summed E-state index contributed by atoms with van der Waals surface area (Å²) in [5, 5.41) is 9.81. The van der Waals surface area contributed by atoms with E-state index in [1.807, 2.05) is 19.9 Å². The molecule has 3 heteroatoms. The molecule has 0 amide bonds. The van der Waals surface area contributed by atoms with E-state index in [0.717, 1.165) is 15.6 Å². The fraction of sp³-hybridized carbons (Fsp3) is 0.364. The molecule has 1 aromatic carbocycles. The molecule has 0 aromatic heterocycles. The van der Waals surface area contributed by atoms with Gasteiger partial charge in [0, 0.05) is 4.47 Å². The molecule has 0 unspecified atom stereocenters. The third-order valence-electron chi connectivity index (χ3n) is 2.31. The number of phenolic OH excluding ortho intramolecular Hbond substituents is 1. The maximum Gasteiger partial charge on any atom is 0.154 e. The Balaban J connectivity index is 3.50. The predicted molar refractivity (Wildman–Crippen MR) is 60.0 cm³/mol. The van der Waals surface area contributed by atoms with Gasteiger partial charge < -0.3 is 5.11 Å². The Morgan fingerprint density at radius 1 is 1.50 bits per heavy atom. The maximum atomic E-state index is 10.8. The van der Waals surface area contributed by atoms with Gasteiger partial charge in [-0.2, -0.15) is 0 Å². The lowest BCUT2D eigenvalue weighted by Crippen LogP contribution is -1.96. The third kappa shape index (κ3) is 1.82. The number of hydrogen-bond donors (Lipinski definition) is 1. The Kier molecular flexibility index (Phi) is 3.32. The van der Waals surface area contributed by atoms with Crippen molar-refractivity contribution >= 4 is 22.2 Å². The van der Waals surface area contributed by atoms with Gasteiger partial charge in [0.1, 0.15) is 5.75 Å². The summed E-state index contributed by atoms with van der Waals surface area (Å²) < 4.78 is 0.862. The number of carbonyl (C=O) groups excluding carboxylic acids is 1. The molecule has 0 radical (unpaired) electrons. The summed E-state index contributed by atoms with van der Waals surface area (Å²) in [6.45, 7) is 5.76. The molecule has 14 heavy (non-hydrogen) atoms. The Hall–Kier alpha value is -0.830. The van der Waals surface area contributed by atoms with E-state index in [1.54, 1.807) is 6.92 Å². The van der Waals surface area contributed by atoms with Crippen LogP contribution in [0.25, 0.3) is 0 Å². The minimum Gasteiger partial charge on any atom is -0.507 e. The van der Waals surface area contributed by atoms with Crippen LogP contribution in [0.1, 0.15) is 41.3 Å². The molecular weight excluding hydrogens is 244 g/mol. The van der Waals surface area contributed by atoms with Crippen LogP contribution in [-0.2, 0) is 0 Å². The number of halogens is 1. The third-order valence-corrected chi connectivity index (χ3v) is 3.14. The lowest BCUT2D eigenvalue weighted by atomic mass is 9.97. The molecule has 0 fully saturated rings. The van der Waals surface area contributed by atoms with E-state index in [0.29, 0.717) is 11.8 Å². The number of aromatic hydroxyl groups is 1. The first-order valence-corrected chi connectivity index (χ1v) is 5.25. The Labute approximate surface area is 92.1 Å². The molecule has 0 aliphatic heterocycles. The molecule has 0 saturated heterocycles. The van der Waals surface area contributed by atoms with Gasteiger partial charge in [0.15, 0.2) is 6.29 Å². The average molecular weight is 257 g/mol. The molecule has 0 saturated carbocycles. The van der Waals surface area contributed by atoms with Gasteiger partial charge in [-0.25, -0.2) is 0 Å². The first kappa shape index (κ1) is 11.2. The number of carbonyl (C=O) groups is 1. The van der Waals surface area contributed by atoms with Crippen molar-refractivity contribution in [3.63, 3.8) is 0 Å². The van der Waals surface area contributed by atoms with Crippen LogP contribution in [0.4, 0.5) is 0 Å². The summed E-state index contributed by atoms with van der Waals surface area (Å²) in [5.74, 6) is 0.307. The standard InChI is InChI=1S/C11H13BrO2/c1-6(2)8-4-10(12)7(3)9(5-13)11(8)14/h4-6,14H,1-3H3. The summed E-state index contributed by atoms with van der Waals surface area (Å²) >= 11 is 3.37. The van der Waals surface area contributed by atoms with Gasteiger partial charge in [0.05, 0.1) is 5.56 Å². The molecule has 0 aliphatic carbocycles. The monoisotopic (exact) mass is 256 g/mol. The number of aldehydes is 1. The first-order chi connectivity index (χ1) is 6.49. The van der Waals surface area contributed by atoms with Gasteiger partial charge >= 0.3 is 0 Å². The lowest BCUT2D eigenvalue weighted by molar-refractivity contribution is 0.112. The van der Waals surface area contributed by atoms with Gasteiger partial charge in [-0.15, -0.1) is 0 Å². The van der Waals surface area contributed by atoms with E-state index >= 15 is 0 Å². The predicted octanol–water partition coefficient (Wildman–Crippen LogP) is 3.40. The van der Waals surface area contributed by atoms with Gasteiger partial charge in [-0.05, 0) is 30.0 Å². The molecule has 1 rings (SSSR count). The highest BCUT2D eigenvalue weighted by molar-refractivity contribution is 9.10. The number of phenols is 1. The van der Waals surface area contributed by atoms with Crippen molar-refractivity contribution in [2.45, 2.75) is 26.7 Å². The number of rotatable bonds is 2. The Morgan fingerprint density at radius 3 is 2.50 bits per heavy atom. The zero-order valence-corrected chi connectivity index (χ0v) is 10.1. The second-order valence-corrected chi connectivity index (χ2v) is 4.46. The average Bonchev–Trinajstić information content (AvgIpc) is 2.12. The van der Waals surface area contributed by atoms with Crippen molar-refractivity contribution < 1.29 is 9.90 Å². The maximum absolute atomic E-state index is 10.8. The molecule has 0 bridgehead atoms. The van der Waals surface area contributed by atoms with Crippen molar-refractivity contribution in [2.75, 3.05) is 0 Å². The van der Waals surface area contributed by atoms with Crippen molar-refractivity contribution in [1.82, 2.24) is 0 Å². The molecule has 0 heterocycles. The van der Waals surface area contributed by atoms with E-state index < -0.39 is 0 Å².